The Hall–Kier alpha value is -2.44. The van der Waals surface area contributed by atoms with Crippen molar-refractivity contribution in [3.05, 3.63) is 35.6 Å². The minimum absolute atomic E-state index is 0.0250. The summed E-state index contributed by atoms with van der Waals surface area (Å²) in [6, 6.07) is 3.45. The van der Waals surface area contributed by atoms with E-state index in [9.17, 15) is 4.79 Å². The van der Waals surface area contributed by atoms with E-state index < -0.39 is 0 Å². The van der Waals surface area contributed by atoms with Crippen LogP contribution in [0.3, 0.4) is 0 Å². The maximum Gasteiger partial charge on any atom is 0.255 e. The molecule has 1 saturated carbocycles. The van der Waals surface area contributed by atoms with E-state index in [-0.39, 0.29) is 11.3 Å². The average Bonchev–Trinajstić information content (AvgIpc) is 3.37. The minimum atomic E-state index is -0.298. The molecule has 1 amide bonds. The molecule has 4 rings (SSSR count). The van der Waals surface area contributed by atoms with E-state index in [1.807, 2.05) is 4.90 Å². The summed E-state index contributed by atoms with van der Waals surface area (Å²) in [5.74, 6) is 2.41. The molecule has 0 aromatic carbocycles. The first-order valence-corrected chi connectivity index (χ1v) is 8.72. The molecule has 0 N–H and O–H groups in total. The van der Waals surface area contributed by atoms with E-state index in [0.717, 1.165) is 38.1 Å². The van der Waals surface area contributed by atoms with Crippen LogP contribution in [0.1, 0.15) is 60.6 Å². The van der Waals surface area contributed by atoms with Crippen LogP contribution >= 0.6 is 0 Å². The number of rotatable bonds is 4. The highest BCUT2D eigenvalue weighted by atomic mass is 16.5. The van der Waals surface area contributed by atoms with E-state index in [2.05, 4.69) is 22.0 Å². The Labute approximate surface area is 146 Å². The van der Waals surface area contributed by atoms with Gasteiger partial charge in [0.25, 0.3) is 5.91 Å². The van der Waals surface area contributed by atoms with Gasteiger partial charge >= 0.3 is 0 Å². The molecule has 7 nitrogen and oxygen atoms in total. The van der Waals surface area contributed by atoms with Gasteiger partial charge in [0, 0.05) is 31.3 Å². The van der Waals surface area contributed by atoms with Crippen molar-refractivity contribution < 1.29 is 14.1 Å². The van der Waals surface area contributed by atoms with Gasteiger partial charge in [-0.3, -0.25) is 4.79 Å². The number of pyridine rings is 1. The van der Waals surface area contributed by atoms with Crippen LogP contribution in [0.15, 0.2) is 22.9 Å². The van der Waals surface area contributed by atoms with Crippen LogP contribution in [-0.2, 0) is 5.41 Å². The first-order valence-electron chi connectivity index (χ1n) is 8.72. The second-order valence-electron chi connectivity index (χ2n) is 7.21. The summed E-state index contributed by atoms with van der Waals surface area (Å²) in [7, 11) is 1.56. The number of likely N-dealkylation sites (tertiary alicyclic amines) is 1. The fourth-order valence-electron chi connectivity index (χ4n) is 3.38. The zero-order chi connectivity index (χ0) is 17.4. The Kier molecular flexibility index (Phi) is 3.94. The number of piperidine rings is 1. The van der Waals surface area contributed by atoms with Crippen molar-refractivity contribution in [2.45, 2.75) is 43.9 Å². The monoisotopic (exact) mass is 342 g/mol. The summed E-state index contributed by atoms with van der Waals surface area (Å²) in [6.07, 6.45) is 5.69. The fourth-order valence-corrected chi connectivity index (χ4v) is 3.38. The summed E-state index contributed by atoms with van der Waals surface area (Å²) in [5.41, 5.74) is 0.266. The zero-order valence-electron chi connectivity index (χ0n) is 14.6. The van der Waals surface area contributed by atoms with Gasteiger partial charge in [0.2, 0.25) is 11.8 Å². The summed E-state index contributed by atoms with van der Waals surface area (Å²) in [5, 5.41) is 4.13. The zero-order valence-corrected chi connectivity index (χ0v) is 14.6. The third kappa shape index (κ3) is 3.10. The SMILES string of the molecule is COc1ccc(C(=O)N2CCCC(C)(c3nc(C4CC4)no3)C2)cn1. The van der Waals surface area contributed by atoms with Crippen LogP contribution in [0.2, 0.25) is 0 Å². The van der Waals surface area contributed by atoms with Gasteiger partial charge in [0.05, 0.1) is 18.1 Å². The van der Waals surface area contributed by atoms with Gasteiger partial charge in [-0.15, -0.1) is 0 Å². The van der Waals surface area contributed by atoms with Crippen molar-refractivity contribution in [2.24, 2.45) is 0 Å². The molecule has 1 saturated heterocycles. The molecule has 0 bridgehead atoms. The Balaban J connectivity index is 1.51. The van der Waals surface area contributed by atoms with E-state index in [4.69, 9.17) is 9.26 Å². The number of carbonyl (C=O) groups excluding carboxylic acids is 1. The molecule has 2 fully saturated rings. The fraction of sp³-hybridized carbons (Fsp3) is 0.556. The number of amides is 1. The third-order valence-electron chi connectivity index (χ3n) is 5.08. The van der Waals surface area contributed by atoms with Crippen molar-refractivity contribution in [1.82, 2.24) is 20.0 Å². The molecule has 132 valence electrons. The van der Waals surface area contributed by atoms with Gasteiger partial charge in [0.1, 0.15) is 0 Å². The van der Waals surface area contributed by atoms with Crippen LogP contribution in [0.4, 0.5) is 0 Å². The van der Waals surface area contributed by atoms with E-state index in [1.165, 1.54) is 0 Å². The maximum absolute atomic E-state index is 12.8. The normalized spacial score (nSPS) is 23.5. The van der Waals surface area contributed by atoms with E-state index in [0.29, 0.717) is 29.8 Å². The van der Waals surface area contributed by atoms with Crippen LogP contribution in [-0.4, -0.2) is 46.1 Å². The number of nitrogens with zero attached hydrogens (tertiary/aromatic N) is 4. The standard InChI is InChI=1S/C18H22N4O3/c1-18(17-20-15(21-25-17)12-4-5-12)8-3-9-22(11-18)16(23)13-6-7-14(24-2)19-10-13/h6-7,10,12H,3-5,8-9,11H2,1-2H3. The third-order valence-corrected chi connectivity index (χ3v) is 5.08. The van der Waals surface area contributed by atoms with Crippen molar-refractivity contribution >= 4 is 5.91 Å². The van der Waals surface area contributed by atoms with Gasteiger partial charge < -0.3 is 14.2 Å². The van der Waals surface area contributed by atoms with Crippen molar-refractivity contribution in [3.8, 4) is 5.88 Å². The molecule has 0 spiro atoms. The molecule has 2 aliphatic rings. The first kappa shape index (κ1) is 16.1. The second-order valence-corrected chi connectivity index (χ2v) is 7.21. The topological polar surface area (TPSA) is 81.4 Å². The lowest BCUT2D eigenvalue weighted by Gasteiger charge is -2.38. The van der Waals surface area contributed by atoms with Crippen LogP contribution in [0.25, 0.3) is 0 Å². The predicted octanol–water partition coefficient (Wildman–Crippen LogP) is 2.54. The van der Waals surface area contributed by atoms with E-state index in [1.54, 1.807) is 25.4 Å². The second kappa shape index (κ2) is 6.13. The molecule has 1 aliphatic heterocycles. The molecule has 2 aromatic rings. The highest BCUT2D eigenvalue weighted by Gasteiger charge is 2.40. The van der Waals surface area contributed by atoms with Crippen molar-refractivity contribution in [3.63, 3.8) is 0 Å². The van der Waals surface area contributed by atoms with Gasteiger partial charge in [-0.1, -0.05) is 5.16 Å². The van der Waals surface area contributed by atoms with Crippen LogP contribution in [0.5, 0.6) is 5.88 Å². The van der Waals surface area contributed by atoms with Gasteiger partial charge in [-0.05, 0) is 38.7 Å². The Morgan fingerprint density at radius 2 is 2.24 bits per heavy atom. The number of hydrogen-bond acceptors (Lipinski definition) is 6. The Morgan fingerprint density at radius 1 is 1.40 bits per heavy atom. The van der Waals surface area contributed by atoms with Crippen molar-refractivity contribution in [1.29, 1.82) is 0 Å². The Morgan fingerprint density at radius 3 is 2.92 bits per heavy atom. The minimum Gasteiger partial charge on any atom is -0.481 e. The van der Waals surface area contributed by atoms with Crippen molar-refractivity contribution in [2.75, 3.05) is 20.2 Å². The Bertz CT molecular complexity index is 769. The number of aromatic nitrogens is 3. The molecule has 25 heavy (non-hydrogen) atoms. The predicted molar refractivity (Wildman–Crippen MR) is 89.6 cm³/mol. The number of hydrogen-bond donors (Lipinski definition) is 0. The molecule has 0 radical (unpaired) electrons. The summed E-state index contributed by atoms with van der Waals surface area (Å²) in [6.45, 7) is 3.40. The quantitative estimate of drug-likeness (QED) is 0.849. The average molecular weight is 342 g/mol. The van der Waals surface area contributed by atoms with Gasteiger partial charge in [-0.2, -0.15) is 4.98 Å². The first-order chi connectivity index (χ1) is 12.1. The van der Waals surface area contributed by atoms with E-state index >= 15 is 0 Å². The molecule has 1 unspecified atom stereocenters. The molecule has 3 heterocycles. The molecule has 2 aromatic heterocycles. The van der Waals surface area contributed by atoms with Gasteiger partial charge in [0.15, 0.2) is 5.82 Å². The lowest BCUT2D eigenvalue weighted by molar-refractivity contribution is 0.0619. The summed E-state index contributed by atoms with van der Waals surface area (Å²) >= 11 is 0. The molecule has 7 heteroatoms. The molecular weight excluding hydrogens is 320 g/mol. The lowest BCUT2D eigenvalue weighted by Crippen LogP contribution is -2.47. The smallest absolute Gasteiger partial charge is 0.255 e. The molecule has 1 aliphatic carbocycles. The number of ether oxygens (including phenoxy) is 1. The number of carbonyl (C=O) groups is 1. The summed E-state index contributed by atoms with van der Waals surface area (Å²) in [4.78, 5) is 23.4. The highest BCUT2D eigenvalue weighted by Crippen LogP contribution is 2.40. The molecular formula is C18H22N4O3. The van der Waals surface area contributed by atoms with Gasteiger partial charge in [-0.25, -0.2) is 4.98 Å². The van der Waals surface area contributed by atoms with Crippen LogP contribution < -0.4 is 4.74 Å². The number of methoxy groups -OCH3 is 1. The maximum atomic E-state index is 12.8. The molecule has 1 atom stereocenters. The highest BCUT2D eigenvalue weighted by molar-refractivity contribution is 5.94. The lowest BCUT2D eigenvalue weighted by atomic mass is 9.81. The largest absolute Gasteiger partial charge is 0.481 e. The summed E-state index contributed by atoms with van der Waals surface area (Å²) < 4.78 is 10.6. The van der Waals surface area contributed by atoms with Crippen LogP contribution in [0, 0.1) is 0 Å².